The van der Waals surface area contributed by atoms with Crippen molar-refractivity contribution in [2.45, 2.75) is 0 Å². The van der Waals surface area contributed by atoms with Crippen molar-refractivity contribution in [3.8, 4) is 0 Å². The number of carbonyl (C=O) groups excluding carboxylic acids is 1. The number of carbonyl (C=O) groups is 1. The quantitative estimate of drug-likeness (QED) is 0.530. The van der Waals surface area contributed by atoms with Gasteiger partial charge in [0, 0.05) is 17.1 Å². The van der Waals surface area contributed by atoms with Gasteiger partial charge in [-0.25, -0.2) is 0 Å². The Labute approximate surface area is 143 Å². The van der Waals surface area contributed by atoms with E-state index in [9.17, 15) is 4.79 Å². The van der Waals surface area contributed by atoms with E-state index in [1.807, 2.05) is 60.0 Å². The van der Waals surface area contributed by atoms with Gasteiger partial charge in [0.15, 0.2) is 0 Å². The summed E-state index contributed by atoms with van der Waals surface area (Å²) >= 11 is 1.61. The SMILES string of the molecule is Nc1ccc(N(C(=O)c2cc3sccc3[nH]2)c2ccccc2)cc1. The Hall–Kier alpha value is -3.05. The van der Waals surface area contributed by atoms with Crippen molar-refractivity contribution in [3.63, 3.8) is 0 Å². The van der Waals surface area contributed by atoms with Gasteiger partial charge in [-0.3, -0.25) is 9.69 Å². The van der Waals surface area contributed by atoms with Gasteiger partial charge in [-0.05, 0) is 53.9 Å². The maximum absolute atomic E-state index is 13.2. The van der Waals surface area contributed by atoms with E-state index in [1.54, 1.807) is 28.4 Å². The highest BCUT2D eigenvalue weighted by atomic mass is 32.1. The van der Waals surface area contributed by atoms with E-state index in [-0.39, 0.29) is 5.91 Å². The Morgan fingerprint density at radius 3 is 2.38 bits per heavy atom. The van der Waals surface area contributed by atoms with Crippen LogP contribution in [0.2, 0.25) is 0 Å². The summed E-state index contributed by atoms with van der Waals surface area (Å²) in [5, 5.41) is 2.00. The minimum Gasteiger partial charge on any atom is -0.399 e. The fraction of sp³-hybridized carbons (Fsp3) is 0. The molecule has 4 rings (SSSR count). The molecule has 0 saturated heterocycles. The molecule has 2 heterocycles. The Balaban J connectivity index is 1.81. The van der Waals surface area contributed by atoms with Crippen LogP contribution in [0.3, 0.4) is 0 Å². The lowest BCUT2D eigenvalue weighted by Crippen LogP contribution is -2.26. The van der Waals surface area contributed by atoms with Crippen LogP contribution in [-0.4, -0.2) is 10.9 Å². The zero-order chi connectivity index (χ0) is 16.5. The molecule has 0 aliphatic heterocycles. The third-order valence-corrected chi connectivity index (χ3v) is 4.70. The molecule has 0 fully saturated rings. The molecule has 0 aliphatic rings. The number of hydrogen-bond acceptors (Lipinski definition) is 3. The number of nitrogens with zero attached hydrogens (tertiary/aromatic N) is 1. The lowest BCUT2D eigenvalue weighted by atomic mass is 10.2. The standard InChI is InChI=1S/C19H15N3OS/c20-13-6-8-15(9-7-13)22(14-4-2-1-3-5-14)19(23)17-12-18-16(21-17)10-11-24-18/h1-12,21H,20H2. The molecular formula is C19H15N3OS. The van der Waals surface area contributed by atoms with E-state index in [0.717, 1.165) is 21.6 Å². The number of thiophene rings is 1. The van der Waals surface area contributed by atoms with Crippen LogP contribution >= 0.6 is 11.3 Å². The lowest BCUT2D eigenvalue weighted by Gasteiger charge is -2.22. The first-order chi connectivity index (χ1) is 11.7. The van der Waals surface area contributed by atoms with Crippen molar-refractivity contribution in [2.75, 3.05) is 10.6 Å². The van der Waals surface area contributed by atoms with Crippen LogP contribution in [0.4, 0.5) is 17.1 Å². The number of hydrogen-bond donors (Lipinski definition) is 2. The number of rotatable bonds is 3. The molecule has 0 bridgehead atoms. The highest BCUT2D eigenvalue weighted by Crippen LogP contribution is 2.29. The number of nitrogen functional groups attached to an aromatic ring is 1. The normalized spacial score (nSPS) is 10.8. The van der Waals surface area contributed by atoms with E-state index in [4.69, 9.17) is 5.73 Å². The van der Waals surface area contributed by atoms with Crippen molar-refractivity contribution in [1.82, 2.24) is 4.98 Å². The molecule has 0 unspecified atom stereocenters. The third-order valence-electron chi connectivity index (χ3n) is 3.84. The van der Waals surface area contributed by atoms with Crippen molar-refractivity contribution < 1.29 is 4.79 Å². The van der Waals surface area contributed by atoms with Crippen molar-refractivity contribution in [3.05, 3.63) is 77.8 Å². The Morgan fingerprint density at radius 1 is 0.958 bits per heavy atom. The minimum absolute atomic E-state index is 0.102. The molecule has 0 aliphatic carbocycles. The summed E-state index contributed by atoms with van der Waals surface area (Å²) in [5.41, 5.74) is 9.58. The summed E-state index contributed by atoms with van der Waals surface area (Å²) in [6.07, 6.45) is 0. The summed E-state index contributed by atoms with van der Waals surface area (Å²) in [5.74, 6) is -0.102. The Kier molecular flexibility index (Phi) is 3.55. The molecule has 0 radical (unpaired) electrons. The molecule has 2 aromatic heterocycles. The molecule has 4 aromatic rings. The summed E-state index contributed by atoms with van der Waals surface area (Å²) in [6, 6.07) is 20.8. The Bertz CT molecular complexity index is 958. The van der Waals surface area contributed by atoms with E-state index >= 15 is 0 Å². The second-order valence-electron chi connectivity index (χ2n) is 5.45. The molecule has 0 atom stereocenters. The first-order valence-electron chi connectivity index (χ1n) is 7.53. The first-order valence-corrected chi connectivity index (χ1v) is 8.41. The second-order valence-corrected chi connectivity index (χ2v) is 6.40. The zero-order valence-electron chi connectivity index (χ0n) is 12.8. The van der Waals surface area contributed by atoms with Crippen molar-refractivity contribution in [1.29, 1.82) is 0 Å². The van der Waals surface area contributed by atoms with Crippen molar-refractivity contribution >= 4 is 44.5 Å². The first kappa shape index (κ1) is 14.5. The van der Waals surface area contributed by atoms with Crippen LogP contribution < -0.4 is 10.6 Å². The van der Waals surface area contributed by atoms with Gasteiger partial charge in [-0.15, -0.1) is 11.3 Å². The van der Waals surface area contributed by atoms with Gasteiger partial charge in [-0.1, -0.05) is 18.2 Å². The number of para-hydroxylation sites is 1. The van der Waals surface area contributed by atoms with E-state index in [0.29, 0.717) is 11.4 Å². The van der Waals surface area contributed by atoms with Crippen LogP contribution in [0.15, 0.2) is 72.1 Å². The highest BCUT2D eigenvalue weighted by molar-refractivity contribution is 7.17. The Morgan fingerprint density at radius 2 is 1.67 bits per heavy atom. The van der Waals surface area contributed by atoms with Crippen LogP contribution in [0, 0.1) is 0 Å². The average Bonchev–Trinajstić information content (AvgIpc) is 3.19. The van der Waals surface area contributed by atoms with Crippen LogP contribution in [0.5, 0.6) is 0 Å². The number of aromatic nitrogens is 1. The number of aromatic amines is 1. The number of nitrogens with one attached hydrogen (secondary N) is 1. The van der Waals surface area contributed by atoms with E-state index < -0.39 is 0 Å². The molecule has 0 saturated carbocycles. The predicted molar refractivity (Wildman–Crippen MR) is 99.9 cm³/mol. The number of nitrogens with two attached hydrogens (primary N) is 1. The largest absolute Gasteiger partial charge is 0.399 e. The van der Waals surface area contributed by atoms with Gasteiger partial charge in [0.05, 0.1) is 10.2 Å². The second kappa shape index (κ2) is 5.86. The number of benzene rings is 2. The molecule has 1 amide bonds. The molecule has 4 nitrogen and oxygen atoms in total. The summed E-state index contributed by atoms with van der Waals surface area (Å²) in [6.45, 7) is 0. The lowest BCUT2D eigenvalue weighted by molar-refractivity contribution is 0.0995. The topological polar surface area (TPSA) is 62.1 Å². The highest BCUT2D eigenvalue weighted by Gasteiger charge is 2.21. The van der Waals surface area contributed by atoms with Gasteiger partial charge >= 0.3 is 0 Å². The van der Waals surface area contributed by atoms with Gasteiger partial charge in [0.25, 0.3) is 5.91 Å². The van der Waals surface area contributed by atoms with Gasteiger partial charge in [0.1, 0.15) is 5.69 Å². The monoisotopic (exact) mass is 333 g/mol. The van der Waals surface area contributed by atoms with Crippen LogP contribution in [0.25, 0.3) is 10.2 Å². The number of H-pyrrole nitrogens is 1. The maximum atomic E-state index is 13.2. The molecule has 0 spiro atoms. The summed E-state index contributed by atoms with van der Waals surface area (Å²) in [7, 11) is 0. The number of anilines is 3. The molecule has 118 valence electrons. The fourth-order valence-electron chi connectivity index (χ4n) is 2.67. The minimum atomic E-state index is -0.102. The van der Waals surface area contributed by atoms with Gasteiger partial charge in [-0.2, -0.15) is 0 Å². The summed E-state index contributed by atoms with van der Waals surface area (Å²) in [4.78, 5) is 18.1. The van der Waals surface area contributed by atoms with Crippen LogP contribution in [-0.2, 0) is 0 Å². The molecule has 3 N–H and O–H groups in total. The summed E-state index contributed by atoms with van der Waals surface area (Å²) < 4.78 is 1.07. The van der Waals surface area contributed by atoms with Gasteiger partial charge < -0.3 is 10.7 Å². The number of amides is 1. The molecule has 5 heteroatoms. The molecular weight excluding hydrogens is 318 g/mol. The fourth-order valence-corrected chi connectivity index (χ4v) is 3.45. The van der Waals surface area contributed by atoms with E-state index in [2.05, 4.69) is 4.98 Å². The van der Waals surface area contributed by atoms with Gasteiger partial charge in [0.2, 0.25) is 0 Å². The third kappa shape index (κ3) is 2.55. The number of fused-ring (bicyclic) bond motifs is 1. The average molecular weight is 333 g/mol. The zero-order valence-corrected chi connectivity index (χ0v) is 13.6. The smallest absolute Gasteiger partial charge is 0.279 e. The molecule has 2 aromatic carbocycles. The van der Waals surface area contributed by atoms with E-state index in [1.165, 1.54) is 0 Å². The predicted octanol–water partition coefficient (Wildman–Crippen LogP) is 4.79. The van der Waals surface area contributed by atoms with Crippen LogP contribution in [0.1, 0.15) is 10.5 Å². The van der Waals surface area contributed by atoms with Crippen molar-refractivity contribution in [2.24, 2.45) is 0 Å². The maximum Gasteiger partial charge on any atom is 0.279 e. The molecule has 24 heavy (non-hydrogen) atoms.